The molecule has 0 N–H and O–H groups in total. The predicted octanol–water partition coefficient (Wildman–Crippen LogP) is 2.48. The molecule has 62 valence electrons. The lowest BCUT2D eigenvalue weighted by Crippen LogP contribution is -1.83. The first-order valence-corrected chi connectivity index (χ1v) is 5.02. The van der Waals surface area contributed by atoms with E-state index in [-0.39, 0.29) is 0 Å². The smallest absolute Gasteiger partial charge is 0.284 e. The summed E-state index contributed by atoms with van der Waals surface area (Å²) in [5.41, 5.74) is 0. The van der Waals surface area contributed by atoms with E-state index in [1.165, 1.54) is 4.88 Å². The van der Waals surface area contributed by atoms with E-state index in [1.54, 1.807) is 11.3 Å². The Kier molecular flexibility index (Phi) is 2.23. The van der Waals surface area contributed by atoms with Crippen LogP contribution in [0.4, 0.5) is 0 Å². The van der Waals surface area contributed by atoms with E-state index in [9.17, 15) is 0 Å². The third kappa shape index (κ3) is 1.73. The molecule has 0 atom stereocenters. The third-order valence-corrected chi connectivity index (χ3v) is 2.54. The summed E-state index contributed by atoms with van der Waals surface area (Å²) in [6, 6.07) is 4.05. The lowest BCUT2D eigenvalue weighted by Gasteiger charge is -1.87. The maximum Gasteiger partial charge on any atom is 0.284 e. The van der Waals surface area contributed by atoms with Crippen molar-refractivity contribution in [2.45, 2.75) is 6.42 Å². The van der Waals surface area contributed by atoms with Crippen molar-refractivity contribution in [2.24, 2.45) is 0 Å². The molecule has 12 heavy (non-hydrogen) atoms. The Morgan fingerprint density at radius 3 is 3.00 bits per heavy atom. The van der Waals surface area contributed by atoms with Crippen LogP contribution >= 0.6 is 27.3 Å². The van der Waals surface area contributed by atoms with Crippen LogP contribution in [0.3, 0.4) is 0 Å². The van der Waals surface area contributed by atoms with Crippen molar-refractivity contribution in [3.63, 3.8) is 0 Å². The molecule has 2 aromatic heterocycles. The molecule has 0 aliphatic carbocycles. The molecule has 0 amide bonds. The van der Waals surface area contributed by atoms with E-state index in [1.807, 2.05) is 17.5 Å². The topological polar surface area (TPSA) is 38.9 Å². The maximum atomic E-state index is 5.16. The van der Waals surface area contributed by atoms with Gasteiger partial charge in [-0.25, -0.2) is 0 Å². The van der Waals surface area contributed by atoms with Gasteiger partial charge in [0, 0.05) is 20.8 Å². The highest BCUT2D eigenvalue weighted by Gasteiger charge is 2.04. The summed E-state index contributed by atoms with van der Waals surface area (Å²) in [5, 5.41) is 9.56. The van der Waals surface area contributed by atoms with Gasteiger partial charge in [-0.3, -0.25) is 0 Å². The molecule has 2 aromatic rings. The third-order valence-electron chi connectivity index (χ3n) is 1.35. The first-order chi connectivity index (χ1) is 5.84. The average molecular weight is 245 g/mol. The Hall–Kier alpha value is -0.680. The Balaban J connectivity index is 2.14. The molecule has 0 aromatic carbocycles. The van der Waals surface area contributed by atoms with E-state index >= 15 is 0 Å². The monoisotopic (exact) mass is 244 g/mol. The van der Waals surface area contributed by atoms with E-state index in [2.05, 4.69) is 26.1 Å². The Morgan fingerprint density at radius 2 is 2.42 bits per heavy atom. The highest BCUT2D eigenvalue weighted by molar-refractivity contribution is 9.10. The van der Waals surface area contributed by atoms with Crippen LogP contribution in [0.2, 0.25) is 0 Å². The van der Waals surface area contributed by atoms with Crippen LogP contribution in [0.5, 0.6) is 0 Å². The van der Waals surface area contributed by atoms with Gasteiger partial charge in [0.05, 0.1) is 6.42 Å². The van der Waals surface area contributed by atoms with Gasteiger partial charge in [-0.15, -0.1) is 21.5 Å². The molecule has 2 heterocycles. The van der Waals surface area contributed by atoms with Gasteiger partial charge in [-0.1, -0.05) is 6.07 Å². The van der Waals surface area contributed by atoms with Crippen LogP contribution < -0.4 is 0 Å². The highest BCUT2D eigenvalue weighted by atomic mass is 79.9. The molecule has 0 unspecified atom stereocenters. The van der Waals surface area contributed by atoms with Gasteiger partial charge < -0.3 is 4.42 Å². The zero-order valence-corrected chi connectivity index (χ0v) is 8.43. The number of thiophene rings is 1. The first kappa shape index (κ1) is 7.94. The Bertz CT molecular complexity index is 357. The molecule has 0 aliphatic rings. The van der Waals surface area contributed by atoms with Crippen molar-refractivity contribution in [1.29, 1.82) is 0 Å². The summed E-state index contributed by atoms with van der Waals surface area (Å²) in [6.07, 6.45) is 0.719. The van der Waals surface area contributed by atoms with Gasteiger partial charge in [0.1, 0.15) is 0 Å². The molecule has 0 saturated heterocycles. The second kappa shape index (κ2) is 3.37. The fourth-order valence-corrected chi connectivity index (χ4v) is 1.83. The normalized spacial score (nSPS) is 10.4. The van der Waals surface area contributed by atoms with E-state index < -0.39 is 0 Å². The summed E-state index contributed by atoms with van der Waals surface area (Å²) >= 11 is 4.78. The molecular formula is C7H5BrN2OS. The van der Waals surface area contributed by atoms with E-state index in [4.69, 9.17) is 4.42 Å². The van der Waals surface area contributed by atoms with Crippen LogP contribution in [0.1, 0.15) is 10.8 Å². The number of hydrogen-bond donors (Lipinski definition) is 0. The summed E-state index contributed by atoms with van der Waals surface area (Å²) in [4.78, 5) is 1.67. The minimum atomic E-state index is 0.439. The molecule has 0 saturated carbocycles. The minimum absolute atomic E-state index is 0.439. The number of rotatable bonds is 2. The van der Waals surface area contributed by atoms with Gasteiger partial charge in [0.15, 0.2) is 0 Å². The van der Waals surface area contributed by atoms with Gasteiger partial charge in [0.2, 0.25) is 5.89 Å². The molecule has 0 aliphatic heterocycles. The van der Waals surface area contributed by atoms with Crippen molar-refractivity contribution < 1.29 is 4.42 Å². The van der Waals surface area contributed by atoms with Crippen LogP contribution in [0, 0.1) is 0 Å². The maximum absolute atomic E-state index is 5.16. The van der Waals surface area contributed by atoms with Crippen molar-refractivity contribution in [3.05, 3.63) is 33.1 Å². The van der Waals surface area contributed by atoms with Crippen LogP contribution in [0.25, 0.3) is 0 Å². The standard InChI is InChI=1S/C7H5BrN2OS/c8-7-10-9-6(11-7)4-5-2-1-3-12-5/h1-3H,4H2. The predicted molar refractivity (Wildman–Crippen MR) is 49.1 cm³/mol. The lowest BCUT2D eigenvalue weighted by molar-refractivity contribution is 0.483. The molecule has 0 fully saturated rings. The van der Waals surface area contributed by atoms with Crippen LogP contribution in [0.15, 0.2) is 26.7 Å². The quantitative estimate of drug-likeness (QED) is 0.815. The average Bonchev–Trinajstić information content (AvgIpc) is 2.63. The fourth-order valence-electron chi connectivity index (χ4n) is 0.867. The molecule has 0 radical (unpaired) electrons. The van der Waals surface area contributed by atoms with Crippen molar-refractivity contribution in [3.8, 4) is 0 Å². The SMILES string of the molecule is Brc1nnc(Cc2cccs2)o1. The number of nitrogens with zero attached hydrogens (tertiary/aromatic N) is 2. The molecule has 2 rings (SSSR count). The lowest BCUT2D eigenvalue weighted by atomic mass is 10.3. The summed E-state index contributed by atoms with van der Waals surface area (Å²) in [7, 11) is 0. The van der Waals surface area contributed by atoms with Gasteiger partial charge in [-0.05, 0) is 11.4 Å². The van der Waals surface area contributed by atoms with Crippen molar-refractivity contribution in [2.75, 3.05) is 0 Å². The largest absolute Gasteiger partial charge is 0.415 e. The zero-order chi connectivity index (χ0) is 8.39. The van der Waals surface area contributed by atoms with Crippen LogP contribution in [-0.2, 0) is 6.42 Å². The summed E-state index contributed by atoms with van der Waals surface area (Å²) in [5.74, 6) is 0.643. The number of halogens is 1. The van der Waals surface area contributed by atoms with Gasteiger partial charge in [0.25, 0.3) is 4.80 Å². The van der Waals surface area contributed by atoms with Crippen molar-refractivity contribution in [1.82, 2.24) is 10.2 Å². The molecular weight excluding hydrogens is 240 g/mol. The minimum Gasteiger partial charge on any atom is -0.415 e. The molecule has 3 nitrogen and oxygen atoms in total. The summed E-state index contributed by atoms with van der Waals surface area (Å²) in [6.45, 7) is 0. The van der Waals surface area contributed by atoms with Gasteiger partial charge in [-0.2, -0.15) is 0 Å². The van der Waals surface area contributed by atoms with E-state index in [0.29, 0.717) is 10.7 Å². The second-order valence-corrected chi connectivity index (χ2v) is 3.92. The zero-order valence-electron chi connectivity index (χ0n) is 6.03. The highest BCUT2D eigenvalue weighted by Crippen LogP contribution is 2.15. The molecule has 0 spiro atoms. The molecule has 0 bridgehead atoms. The Labute approximate surface area is 81.6 Å². The first-order valence-electron chi connectivity index (χ1n) is 3.35. The number of aromatic nitrogens is 2. The van der Waals surface area contributed by atoms with Gasteiger partial charge >= 0.3 is 0 Å². The van der Waals surface area contributed by atoms with Crippen molar-refractivity contribution >= 4 is 27.3 Å². The molecule has 5 heteroatoms. The van der Waals surface area contributed by atoms with E-state index in [0.717, 1.165) is 6.42 Å². The number of hydrogen-bond acceptors (Lipinski definition) is 4. The Morgan fingerprint density at radius 1 is 1.50 bits per heavy atom. The fraction of sp³-hybridized carbons (Fsp3) is 0.143. The summed E-state index contributed by atoms with van der Waals surface area (Å²) < 4.78 is 5.16. The van der Waals surface area contributed by atoms with Crippen LogP contribution in [-0.4, -0.2) is 10.2 Å². The second-order valence-electron chi connectivity index (χ2n) is 2.20.